The molecule has 3 aromatic rings. The third-order valence-corrected chi connectivity index (χ3v) is 3.88. The van der Waals surface area contributed by atoms with Gasteiger partial charge in [-0.2, -0.15) is 0 Å². The van der Waals surface area contributed by atoms with E-state index in [1.807, 2.05) is 13.0 Å². The van der Waals surface area contributed by atoms with Gasteiger partial charge in [-0.25, -0.2) is 8.78 Å². The zero-order chi connectivity index (χ0) is 15.7. The van der Waals surface area contributed by atoms with E-state index in [0.717, 1.165) is 11.1 Å². The maximum Gasteiger partial charge on any atom is 0.149 e. The van der Waals surface area contributed by atoms with Gasteiger partial charge in [-0.1, -0.05) is 60.1 Å². The van der Waals surface area contributed by atoms with Gasteiger partial charge in [0.05, 0.1) is 5.02 Å². The fraction of sp³-hybridized carbons (Fsp3) is 0.0526. The molecule has 3 aromatic carbocycles. The minimum absolute atomic E-state index is 0.0890. The van der Waals surface area contributed by atoms with E-state index in [1.165, 1.54) is 12.1 Å². The largest absolute Gasteiger partial charge is 0.206 e. The van der Waals surface area contributed by atoms with Crippen LogP contribution in [0.25, 0.3) is 22.3 Å². The van der Waals surface area contributed by atoms with Crippen LogP contribution < -0.4 is 0 Å². The molecule has 0 aliphatic heterocycles. The zero-order valence-corrected chi connectivity index (χ0v) is 12.7. The molecule has 0 unspecified atom stereocenters. The van der Waals surface area contributed by atoms with Crippen LogP contribution in [0.2, 0.25) is 5.02 Å². The number of aryl methyl sites for hydroxylation is 1. The molecule has 0 atom stereocenters. The Hall–Kier alpha value is -2.19. The smallest absolute Gasteiger partial charge is 0.149 e. The SMILES string of the molecule is Cc1ccc(-c2ccc(-c3cccc(Cl)c3F)cc2)c(F)c1. The van der Waals surface area contributed by atoms with Gasteiger partial charge in [-0.15, -0.1) is 0 Å². The first kappa shape index (κ1) is 14.7. The number of benzene rings is 3. The molecule has 0 heterocycles. The Morgan fingerprint density at radius 2 is 1.41 bits per heavy atom. The van der Waals surface area contributed by atoms with Crippen LogP contribution in [0.4, 0.5) is 8.78 Å². The Bertz CT molecular complexity index is 823. The third kappa shape index (κ3) is 2.75. The molecule has 0 fully saturated rings. The predicted octanol–water partition coefficient (Wildman–Crippen LogP) is 6.26. The first-order chi connectivity index (χ1) is 10.6. The second-order valence-electron chi connectivity index (χ2n) is 5.16. The Morgan fingerprint density at radius 1 is 0.773 bits per heavy atom. The van der Waals surface area contributed by atoms with Crippen molar-refractivity contribution >= 4 is 11.6 Å². The van der Waals surface area contributed by atoms with Crippen LogP contribution in [0.3, 0.4) is 0 Å². The highest BCUT2D eigenvalue weighted by Gasteiger charge is 2.10. The molecule has 22 heavy (non-hydrogen) atoms. The van der Waals surface area contributed by atoms with E-state index in [0.29, 0.717) is 16.7 Å². The van der Waals surface area contributed by atoms with Gasteiger partial charge < -0.3 is 0 Å². The highest BCUT2D eigenvalue weighted by atomic mass is 35.5. The van der Waals surface area contributed by atoms with Crippen LogP contribution >= 0.6 is 11.6 Å². The molecule has 3 heteroatoms. The van der Waals surface area contributed by atoms with Gasteiger partial charge in [-0.3, -0.25) is 0 Å². The van der Waals surface area contributed by atoms with Crippen molar-refractivity contribution in [3.63, 3.8) is 0 Å². The summed E-state index contributed by atoms with van der Waals surface area (Å²) in [5.74, 6) is -0.708. The predicted molar refractivity (Wildman–Crippen MR) is 87.0 cm³/mol. The van der Waals surface area contributed by atoms with Crippen molar-refractivity contribution in [2.24, 2.45) is 0 Å². The van der Waals surface area contributed by atoms with Crippen LogP contribution in [0.1, 0.15) is 5.56 Å². The van der Waals surface area contributed by atoms with Crippen molar-refractivity contribution in [2.45, 2.75) is 6.92 Å². The van der Waals surface area contributed by atoms with E-state index in [1.54, 1.807) is 42.5 Å². The second kappa shape index (κ2) is 5.90. The average molecular weight is 315 g/mol. The summed E-state index contributed by atoms with van der Waals surface area (Å²) in [7, 11) is 0. The van der Waals surface area contributed by atoms with Crippen molar-refractivity contribution in [1.82, 2.24) is 0 Å². The van der Waals surface area contributed by atoms with E-state index < -0.39 is 5.82 Å². The maximum absolute atomic E-state index is 14.0. The Labute approximate surface area is 133 Å². The van der Waals surface area contributed by atoms with Gasteiger partial charge in [0.15, 0.2) is 0 Å². The molecule has 0 N–H and O–H groups in total. The lowest BCUT2D eigenvalue weighted by Crippen LogP contribution is -1.88. The van der Waals surface area contributed by atoms with Gasteiger partial charge in [0.1, 0.15) is 11.6 Å². The van der Waals surface area contributed by atoms with E-state index >= 15 is 0 Å². The summed E-state index contributed by atoms with van der Waals surface area (Å²) in [6.45, 7) is 1.85. The minimum Gasteiger partial charge on any atom is -0.206 e. The maximum atomic E-state index is 14.0. The summed E-state index contributed by atoms with van der Waals surface area (Å²) in [5.41, 5.74) is 3.30. The molecule has 0 nitrogen and oxygen atoms in total. The van der Waals surface area contributed by atoms with E-state index in [4.69, 9.17) is 11.6 Å². The van der Waals surface area contributed by atoms with Gasteiger partial charge >= 0.3 is 0 Å². The summed E-state index contributed by atoms with van der Waals surface area (Å²) in [6.07, 6.45) is 0. The average Bonchev–Trinajstić information content (AvgIpc) is 2.50. The molecule has 0 amide bonds. The standard InChI is InChI=1S/C19H13ClF2/c1-12-5-10-15(18(21)11-12)13-6-8-14(9-7-13)16-3-2-4-17(20)19(16)22/h2-11H,1H3. The van der Waals surface area contributed by atoms with Crippen LogP contribution in [0.15, 0.2) is 60.7 Å². The van der Waals surface area contributed by atoms with Crippen LogP contribution in [-0.4, -0.2) is 0 Å². The first-order valence-corrected chi connectivity index (χ1v) is 7.25. The van der Waals surface area contributed by atoms with E-state index in [-0.39, 0.29) is 10.8 Å². The highest BCUT2D eigenvalue weighted by molar-refractivity contribution is 6.31. The number of hydrogen-bond acceptors (Lipinski definition) is 0. The summed E-state index contributed by atoms with van der Waals surface area (Å²) in [6, 6.07) is 17.1. The van der Waals surface area contributed by atoms with Crippen molar-refractivity contribution in [1.29, 1.82) is 0 Å². The molecule has 3 rings (SSSR count). The van der Waals surface area contributed by atoms with Gasteiger partial charge in [-0.05, 0) is 35.7 Å². The Morgan fingerprint density at radius 3 is 2.05 bits per heavy atom. The molecule has 0 saturated carbocycles. The molecule has 0 radical (unpaired) electrons. The summed E-state index contributed by atoms with van der Waals surface area (Å²) < 4.78 is 28.0. The lowest BCUT2D eigenvalue weighted by Gasteiger charge is -2.08. The minimum atomic E-state index is -0.446. The normalized spacial score (nSPS) is 10.7. The van der Waals surface area contributed by atoms with E-state index in [2.05, 4.69) is 0 Å². The van der Waals surface area contributed by atoms with Gasteiger partial charge in [0, 0.05) is 11.1 Å². The summed E-state index contributed by atoms with van der Waals surface area (Å²) >= 11 is 5.80. The Kier molecular flexibility index (Phi) is 3.95. The molecular weight excluding hydrogens is 302 g/mol. The Balaban J connectivity index is 2.01. The van der Waals surface area contributed by atoms with E-state index in [9.17, 15) is 8.78 Å². The number of halogens is 3. The monoisotopic (exact) mass is 314 g/mol. The number of rotatable bonds is 2. The third-order valence-electron chi connectivity index (χ3n) is 3.58. The lowest BCUT2D eigenvalue weighted by molar-refractivity contribution is 0.630. The van der Waals surface area contributed by atoms with Gasteiger partial charge in [0.25, 0.3) is 0 Å². The van der Waals surface area contributed by atoms with Crippen molar-refractivity contribution in [3.05, 3.63) is 82.9 Å². The first-order valence-electron chi connectivity index (χ1n) is 6.87. The van der Waals surface area contributed by atoms with Gasteiger partial charge in [0.2, 0.25) is 0 Å². The molecule has 0 spiro atoms. The molecular formula is C19H13ClF2. The molecule has 0 aliphatic rings. The topological polar surface area (TPSA) is 0 Å². The lowest BCUT2D eigenvalue weighted by atomic mass is 9.99. The molecule has 0 saturated heterocycles. The van der Waals surface area contributed by atoms with Crippen LogP contribution in [0, 0.1) is 18.6 Å². The van der Waals surface area contributed by atoms with Crippen LogP contribution in [-0.2, 0) is 0 Å². The highest BCUT2D eigenvalue weighted by Crippen LogP contribution is 2.30. The van der Waals surface area contributed by atoms with Crippen molar-refractivity contribution in [2.75, 3.05) is 0 Å². The van der Waals surface area contributed by atoms with Crippen molar-refractivity contribution in [3.8, 4) is 22.3 Å². The summed E-state index contributed by atoms with van der Waals surface area (Å²) in [4.78, 5) is 0. The quantitative estimate of drug-likeness (QED) is 0.523. The zero-order valence-electron chi connectivity index (χ0n) is 11.9. The second-order valence-corrected chi connectivity index (χ2v) is 5.57. The fourth-order valence-corrected chi connectivity index (χ4v) is 2.58. The molecule has 110 valence electrons. The van der Waals surface area contributed by atoms with Crippen molar-refractivity contribution < 1.29 is 8.78 Å². The fourth-order valence-electron chi connectivity index (χ4n) is 2.41. The molecule has 0 bridgehead atoms. The summed E-state index contributed by atoms with van der Waals surface area (Å²) in [5, 5.41) is 0.0890. The van der Waals surface area contributed by atoms with Crippen LogP contribution in [0.5, 0.6) is 0 Å². The molecule has 0 aromatic heterocycles. The number of hydrogen-bond donors (Lipinski definition) is 0. The molecule has 0 aliphatic carbocycles.